The van der Waals surface area contributed by atoms with Gasteiger partial charge in [-0.3, -0.25) is 0 Å². The third kappa shape index (κ3) is 4.82. The van der Waals surface area contributed by atoms with Crippen LogP contribution < -0.4 is 15.4 Å². The van der Waals surface area contributed by atoms with Crippen molar-refractivity contribution in [2.45, 2.75) is 27.2 Å². The Balaban J connectivity index is 1.77. The van der Waals surface area contributed by atoms with E-state index in [4.69, 9.17) is 4.74 Å². The molecule has 7 nitrogen and oxygen atoms in total. The van der Waals surface area contributed by atoms with E-state index in [1.54, 1.807) is 35.9 Å². The maximum Gasteiger partial charge on any atom is 0.347 e. The molecule has 0 aliphatic heterocycles. The van der Waals surface area contributed by atoms with Crippen molar-refractivity contribution < 1.29 is 14.3 Å². The molecule has 3 aromatic rings. The number of carbonyl (C=O) groups excluding carboxylic acids is 2. The molecule has 29 heavy (non-hydrogen) atoms. The third-order valence-electron chi connectivity index (χ3n) is 4.33. The van der Waals surface area contributed by atoms with Gasteiger partial charge in [0.25, 0.3) is 0 Å². The van der Waals surface area contributed by atoms with Crippen LogP contribution in [0.15, 0.2) is 54.6 Å². The van der Waals surface area contributed by atoms with Crippen molar-refractivity contribution in [3.63, 3.8) is 0 Å². The van der Waals surface area contributed by atoms with Gasteiger partial charge in [0.05, 0.1) is 17.1 Å². The minimum Gasteiger partial charge on any atom is -0.423 e. The van der Waals surface area contributed by atoms with E-state index in [0.717, 1.165) is 12.1 Å². The predicted molar refractivity (Wildman–Crippen MR) is 112 cm³/mol. The number of nitrogens with one attached hydrogen (secondary N) is 2. The van der Waals surface area contributed by atoms with Crippen LogP contribution in [-0.4, -0.2) is 28.3 Å². The molecule has 3 rings (SSSR count). The number of ether oxygens (including phenoxy) is 1. The molecule has 1 aromatic heterocycles. The van der Waals surface area contributed by atoms with Crippen LogP contribution >= 0.6 is 0 Å². The van der Waals surface area contributed by atoms with Gasteiger partial charge in [-0.05, 0) is 44.5 Å². The fourth-order valence-electron chi connectivity index (χ4n) is 2.97. The molecule has 7 heteroatoms. The van der Waals surface area contributed by atoms with Gasteiger partial charge in [-0.15, -0.1) is 0 Å². The van der Waals surface area contributed by atoms with Crippen LogP contribution in [0.5, 0.6) is 5.75 Å². The Bertz CT molecular complexity index is 1010. The number of hydrogen-bond acceptors (Lipinski definition) is 4. The van der Waals surface area contributed by atoms with Crippen molar-refractivity contribution >= 4 is 17.7 Å². The SMILES string of the molecule is CCCNC(=O)Nc1cccc(OC(=O)c2c(C)nn(-c3ccccc3)c2C)c1. The molecule has 0 saturated heterocycles. The van der Waals surface area contributed by atoms with Crippen LogP contribution in [0.4, 0.5) is 10.5 Å². The molecule has 0 radical (unpaired) electrons. The number of para-hydroxylation sites is 1. The number of amides is 2. The van der Waals surface area contributed by atoms with Crippen LogP contribution in [0.25, 0.3) is 5.69 Å². The fourth-order valence-corrected chi connectivity index (χ4v) is 2.97. The topological polar surface area (TPSA) is 85.2 Å². The number of benzene rings is 2. The lowest BCUT2D eigenvalue weighted by Gasteiger charge is -2.09. The van der Waals surface area contributed by atoms with Crippen molar-refractivity contribution in [2.24, 2.45) is 0 Å². The zero-order valence-electron chi connectivity index (χ0n) is 16.7. The molecule has 0 unspecified atom stereocenters. The Morgan fingerprint density at radius 1 is 1.07 bits per heavy atom. The van der Waals surface area contributed by atoms with Gasteiger partial charge in [-0.2, -0.15) is 5.10 Å². The van der Waals surface area contributed by atoms with E-state index < -0.39 is 5.97 Å². The van der Waals surface area contributed by atoms with Crippen molar-refractivity contribution in [1.29, 1.82) is 0 Å². The number of anilines is 1. The predicted octanol–water partition coefficient (Wildman–Crippen LogP) is 4.24. The first-order valence-electron chi connectivity index (χ1n) is 9.48. The van der Waals surface area contributed by atoms with E-state index in [2.05, 4.69) is 15.7 Å². The summed E-state index contributed by atoms with van der Waals surface area (Å²) in [5, 5.41) is 9.93. The minimum absolute atomic E-state index is 0.300. The molecule has 0 saturated carbocycles. The van der Waals surface area contributed by atoms with E-state index in [-0.39, 0.29) is 6.03 Å². The van der Waals surface area contributed by atoms with Crippen LogP contribution in [0.3, 0.4) is 0 Å². The van der Waals surface area contributed by atoms with Gasteiger partial charge in [0.15, 0.2) is 0 Å². The average Bonchev–Trinajstić information content (AvgIpc) is 3.01. The Labute approximate surface area is 169 Å². The molecule has 0 spiro atoms. The molecule has 0 aliphatic rings. The lowest BCUT2D eigenvalue weighted by molar-refractivity contribution is 0.0733. The number of hydrogen-bond donors (Lipinski definition) is 2. The number of nitrogens with zero attached hydrogens (tertiary/aromatic N) is 2. The van der Waals surface area contributed by atoms with Crippen molar-refractivity contribution in [2.75, 3.05) is 11.9 Å². The monoisotopic (exact) mass is 392 g/mol. The normalized spacial score (nSPS) is 10.4. The fraction of sp³-hybridized carbons (Fsp3) is 0.227. The van der Waals surface area contributed by atoms with Gasteiger partial charge in [-0.25, -0.2) is 14.3 Å². The summed E-state index contributed by atoms with van der Waals surface area (Å²) >= 11 is 0. The smallest absolute Gasteiger partial charge is 0.347 e. The number of esters is 1. The summed E-state index contributed by atoms with van der Waals surface area (Å²) < 4.78 is 7.27. The number of rotatable bonds is 6. The summed E-state index contributed by atoms with van der Waals surface area (Å²) in [5.74, 6) is -0.149. The van der Waals surface area contributed by atoms with Crippen LogP contribution in [0.2, 0.25) is 0 Å². The maximum absolute atomic E-state index is 12.8. The van der Waals surface area contributed by atoms with E-state index in [9.17, 15) is 9.59 Å². The summed E-state index contributed by atoms with van der Waals surface area (Å²) in [4.78, 5) is 24.6. The molecule has 150 valence electrons. The summed E-state index contributed by atoms with van der Waals surface area (Å²) in [6.07, 6.45) is 0.848. The van der Waals surface area contributed by atoms with Gasteiger partial charge in [-0.1, -0.05) is 31.2 Å². The van der Waals surface area contributed by atoms with Gasteiger partial charge in [0.1, 0.15) is 11.3 Å². The second kappa shape index (κ2) is 9.05. The molecule has 2 N–H and O–H groups in total. The zero-order chi connectivity index (χ0) is 20.8. The van der Waals surface area contributed by atoms with Crippen LogP contribution in [-0.2, 0) is 0 Å². The largest absolute Gasteiger partial charge is 0.423 e. The molecular formula is C22H24N4O3. The number of urea groups is 1. The molecule has 0 bridgehead atoms. The third-order valence-corrected chi connectivity index (χ3v) is 4.33. The van der Waals surface area contributed by atoms with Gasteiger partial charge >= 0.3 is 12.0 Å². The van der Waals surface area contributed by atoms with E-state index in [1.165, 1.54) is 0 Å². The molecule has 2 aromatic carbocycles. The summed E-state index contributed by atoms with van der Waals surface area (Å²) in [6.45, 7) is 6.17. The van der Waals surface area contributed by atoms with Crippen LogP contribution in [0.1, 0.15) is 35.1 Å². The minimum atomic E-state index is -0.491. The molecule has 1 heterocycles. The average molecular weight is 392 g/mol. The van der Waals surface area contributed by atoms with Crippen molar-refractivity contribution in [1.82, 2.24) is 15.1 Å². The quantitative estimate of drug-likeness (QED) is 0.485. The standard InChI is InChI=1S/C22H24N4O3/c1-4-13-23-22(28)24-17-9-8-12-19(14-17)29-21(27)20-15(2)25-26(16(20)3)18-10-6-5-7-11-18/h5-12,14H,4,13H2,1-3H3,(H2,23,24,28). The Morgan fingerprint density at radius 2 is 1.83 bits per heavy atom. The number of aryl methyl sites for hydroxylation is 1. The van der Waals surface area contributed by atoms with Gasteiger partial charge in [0.2, 0.25) is 0 Å². The van der Waals surface area contributed by atoms with E-state index in [0.29, 0.717) is 34.9 Å². The van der Waals surface area contributed by atoms with Crippen molar-refractivity contribution in [3.05, 3.63) is 71.5 Å². The van der Waals surface area contributed by atoms with E-state index >= 15 is 0 Å². The highest BCUT2D eigenvalue weighted by molar-refractivity contribution is 5.94. The Hall–Kier alpha value is -3.61. The van der Waals surface area contributed by atoms with E-state index in [1.807, 2.05) is 44.2 Å². The number of aromatic nitrogens is 2. The number of carbonyl (C=O) groups is 2. The first kappa shape index (κ1) is 20.1. The highest BCUT2D eigenvalue weighted by Crippen LogP contribution is 2.22. The Morgan fingerprint density at radius 3 is 2.55 bits per heavy atom. The molecule has 0 atom stereocenters. The first-order valence-corrected chi connectivity index (χ1v) is 9.48. The lowest BCUT2D eigenvalue weighted by Crippen LogP contribution is -2.29. The molecule has 2 amide bonds. The Kier molecular flexibility index (Phi) is 6.29. The second-order valence-electron chi connectivity index (χ2n) is 6.59. The van der Waals surface area contributed by atoms with Crippen LogP contribution in [0, 0.1) is 13.8 Å². The highest BCUT2D eigenvalue weighted by Gasteiger charge is 2.21. The zero-order valence-corrected chi connectivity index (χ0v) is 16.7. The maximum atomic E-state index is 12.8. The van der Waals surface area contributed by atoms with Gasteiger partial charge in [0, 0.05) is 18.3 Å². The highest BCUT2D eigenvalue weighted by atomic mass is 16.5. The summed E-state index contributed by atoms with van der Waals surface area (Å²) in [5.41, 5.74) is 3.12. The lowest BCUT2D eigenvalue weighted by atomic mass is 10.2. The first-order chi connectivity index (χ1) is 14.0. The summed E-state index contributed by atoms with van der Waals surface area (Å²) in [6, 6.07) is 16.0. The molecule has 0 fully saturated rings. The van der Waals surface area contributed by atoms with Crippen molar-refractivity contribution in [3.8, 4) is 11.4 Å². The summed E-state index contributed by atoms with van der Waals surface area (Å²) in [7, 11) is 0. The molecule has 0 aliphatic carbocycles. The van der Waals surface area contributed by atoms with Gasteiger partial charge < -0.3 is 15.4 Å². The molecular weight excluding hydrogens is 368 g/mol. The second-order valence-corrected chi connectivity index (χ2v) is 6.59.